The average molecular weight is 365 g/mol. The first-order chi connectivity index (χ1) is 11.6. The summed E-state index contributed by atoms with van der Waals surface area (Å²) in [6, 6.07) is 10.9. The van der Waals surface area contributed by atoms with Gasteiger partial charge in [-0.15, -0.1) is 0 Å². The summed E-state index contributed by atoms with van der Waals surface area (Å²) in [5, 5.41) is 0.624. The molecule has 7 heteroatoms. The highest BCUT2D eigenvalue weighted by atomic mass is 35.5. The zero-order chi connectivity index (χ0) is 17.1. The molecule has 0 aliphatic carbocycles. The van der Waals surface area contributed by atoms with Crippen LogP contribution >= 0.6 is 22.9 Å². The van der Waals surface area contributed by atoms with Crippen molar-refractivity contribution in [2.24, 2.45) is 4.99 Å². The van der Waals surface area contributed by atoms with Gasteiger partial charge in [-0.05, 0) is 42.5 Å². The van der Waals surface area contributed by atoms with Gasteiger partial charge in [-0.1, -0.05) is 22.9 Å². The van der Waals surface area contributed by atoms with Crippen molar-refractivity contribution in [3.8, 4) is 0 Å². The van der Waals surface area contributed by atoms with Crippen LogP contribution < -0.4 is 4.80 Å². The maximum atomic E-state index is 13.0. The lowest BCUT2D eigenvalue weighted by Gasteiger charge is -2.04. The largest absolute Gasteiger partial charge is 0.383 e. The Hall–Kier alpha value is -2.02. The third-order valence-corrected chi connectivity index (χ3v) is 4.73. The van der Waals surface area contributed by atoms with Crippen LogP contribution in [-0.2, 0) is 11.3 Å². The van der Waals surface area contributed by atoms with Crippen molar-refractivity contribution in [2.75, 3.05) is 13.7 Å². The topological polar surface area (TPSA) is 43.6 Å². The number of hydrogen-bond acceptors (Lipinski definition) is 3. The highest BCUT2D eigenvalue weighted by Crippen LogP contribution is 2.22. The number of rotatable bonds is 4. The van der Waals surface area contributed by atoms with E-state index < -0.39 is 11.7 Å². The molecule has 4 nitrogen and oxygen atoms in total. The van der Waals surface area contributed by atoms with E-state index in [1.54, 1.807) is 13.2 Å². The third-order valence-electron chi connectivity index (χ3n) is 3.45. The fourth-order valence-electron chi connectivity index (χ4n) is 2.27. The Morgan fingerprint density at radius 1 is 1.29 bits per heavy atom. The normalized spacial score (nSPS) is 12.0. The number of hydrogen-bond donors (Lipinski definition) is 0. The maximum absolute atomic E-state index is 13.0. The van der Waals surface area contributed by atoms with E-state index in [9.17, 15) is 9.18 Å². The molecule has 0 spiro atoms. The molecule has 2 aromatic carbocycles. The molecule has 0 atom stereocenters. The second-order valence-corrected chi connectivity index (χ2v) is 6.51. The lowest BCUT2D eigenvalue weighted by molar-refractivity contribution is 0.0997. The standard InChI is InChI=1S/C17H14ClFN2O2S/c1-23-9-8-21-14-7-4-12(18)10-15(14)24-17(21)20-16(22)11-2-5-13(19)6-3-11/h2-7,10H,8-9H2,1H3. The Morgan fingerprint density at radius 2 is 2.04 bits per heavy atom. The van der Waals surface area contributed by atoms with E-state index in [1.807, 2.05) is 16.7 Å². The van der Waals surface area contributed by atoms with Gasteiger partial charge in [0.15, 0.2) is 4.80 Å². The van der Waals surface area contributed by atoms with E-state index in [0.717, 1.165) is 10.2 Å². The Kier molecular flexibility index (Phi) is 5.08. The number of ether oxygens (including phenoxy) is 1. The molecule has 24 heavy (non-hydrogen) atoms. The summed E-state index contributed by atoms with van der Waals surface area (Å²) in [6.07, 6.45) is 0. The average Bonchev–Trinajstić information content (AvgIpc) is 2.89. The number of methoxy groups -OCH3 is 1. The molecule has 0 fully saturated rings. The van der Waals surface area contributed by atoms with Crippen molar-refractivity contribution in [3.63, 3.8) is 0 Å². The molecule has 1 aromatic heterocycles. The molecule has 0 saturated heterocycles. The summed E-state index contributed by atoms with van der Waals surface area (Å²) in [5.74, 6) is -0.808. The number of carbonyl (C=O) groups excluding carboxylic acids is 1. The maximum Gasteiger partial charge on any atom is 0.279 e. The molecule has 0 bridgehead atoms. The van der Waals surface area contributed by atoms with E-state index in [0.29, 0.717) is 28.5 Å². The number of thiazole rings is 1. The van der Waals surface area contributed by atoms with Crippen LogP contribution in [0.1, 0.15) is 10.4 Å². The summed E-state index contributed by atoms with van der Waals surface area (Å²) in [5.41, 5.74) is 1.28. The van der Waals surface area contributed by atoms with E-state index >= 15 is 0 Å². The summed E-state index contributed by atoms with van der Waals surface area (Å²) in [7, 11) is 1.62. The number of fused-ring (bicyclic) bond motifs is 1. The predicted molar refractivity (Wildman–Crippen MR) is 93.0 cm³/mol. The van der Waals surface area contributed by atoms with Crippen LogP contribution in [0, 0.1) is 5.82 Å². The quantitative estimate of drug-likeness (QED) is 0.705. The van der Waals surface area contributed by atoms with Crippen molar-refractivity contribution < 1.29 is 13.9 Å². The van der Waals surface area contributed by atoms with Crippen LogP contribution in [0.2, 0.25) is 5.02 Å². The van der Waals surface area contributed by atoms with Gasteiger partial charge in [0.1, 0.15) is 5.82 Å². The number of nitrogens with zero attached hydrogens (tertiary/aromatic N) is 2. The summed E-state index contributed by atoms with van der Waals surface area (Å²) < 4.78 is 21.0. The van der Waals surface area contributed by atoms with Gasteiger partial charge >= 0.3 is 0 Å². The number of amides is 1. The zero-order valence-electron chi connectivity index (χ0n) is 12.8. The minimum absolute atomic E-state index is 0.338. The third kappa shape index (κ3) is 3.56. The lowest BCUT2D eigenvalue weighted by atomic mass is 10.2. The summed E-state index contributed by atoms with van der Waals surface area (Å²) in [6.45, 7) is 1.06. The van der Waals surface area contributed by atoms with Crippen molar-refractivity contribution in [1.29, 1.82) is 0 Å². The molecule has 0 unspecified atom stereocenters. The van der Waals surface area contributed by atoms with Gasteiger partial charge in [-0.25, -0.2) is 4.39 Å². The van der Waals surface area contributed by atoms with E-state index in [4.69, 9.17) is 16.3 Å². The van der Waals surface area contributed by atoms with Crippen LogP contribution in [0.4, 0.5) is 4.39 Å². The monoisotopic (exact) mass is 364 g/mol. The first kappa shape index (κ1) is 16.8. The lowest BCUT2D eigenvalue weighted by Crippen LogP contribution is -2.19. The van der Waals surface area contributed by atoms with Gasteiger partial charge in [-0.3, -0.25) is 4.79 Å². The molecule has 0 aliphatic rings. The molecule has 0 N–H and O–H groups in total. The van der Waals surface area contributed by atoms with Crippen LogP contribution in [0.5, 0.6) is 0 Å². The molecule has 1 amide bonds. The van der Waals surface area contributed by atoms with E-state index in [-0.39, 0.29) is 0 Å². The minimum Gasteiger partial charge on any atom is -0.383 e. The van der Waals surface area contributed by atoms with Crippen LogP contribution in [0.15, 0.2) is 47.5 Å². The molecule has 0 saturated carbocycles. The zero-order valence-corrected chi connectivity index (χ0v) is 14.4. The molecular weight excluding hydrogens is 351 g/mol. The number of halogens is 2. The van der Waals surface area contributed by atoms with Crippen molar-refractivity contribution in [3.05, 3.63) is 63.7 Å². The van der Waals surface area contributed by atoms with Gasteiger partial charge in [-0.2, -0.15) is 4.99 Å². The fourth-order valence-corrected chi connectivity index (χ4v) is 3.61. The number of carbonyl (C=O) groups is 1. The smallest absolute Gasteiger partial charge is 0.279 e. The second-order valence-electron chi connectivity index (χ2n) is 5.06. The SMILES string of the molecule is COCCn1c(=NC(=O)c2ccc(F)cc2)sc2cc(Cl)ccc21. The minimum atomic E-state index is -0.418. The predicted octanol–water partition coefficient (Wildman–Crippen LogP) is 3.88. The number of aromatic nitrogens is 1. The summed E-state index contributed by atoms with van der Waals surface area (Å²) in [4.78, 5) is 17.1. The molecule has 1 heterocycles. The van der Waals surface area contributed by atoms with Gasteiger partial charge < -0.3 is 9.30 Å². The van der Waals surface area contributed by atoms with E-state index in [2.05, 4.69) is 4.99 Å². The van der Waals surface area contributed by atoms with Crippen LogP contribution in [-0.4, -0.2) is 24.2 Å². The van der Waals surface area contributed by atoms with Gasteiger partial charge in [0.25, 0.3) is 5.91 Å². The molecule has 124 valence electrons. The van der Waals surface area contributed by atoms with Crippen molar-refractivity contribution >= 4 is 39.1 Å². The Balaban J connectivity index is 2.09. The molecule has 0 aliphatic heterocycles. The Bertz CT molecular complexity index is 947. The highest BCUT2D eigenvalue weighted by Gasteiger charge is 2.10. The van der Waals surface area contributed by atoms with Gasteiger partial charge in [0.05, 0.1) is 16.8 Å². The number of benzene rings is 2. The molecular formula is C17H14ClFN2O2S. The van der Waals surface area contributed by atoms with Gasteiger partial charge in [0, 0.05) is 24.2 Å². The molecule has 3 rings (SSSR count). The van der Waals surface area contributed by atoms with Crippen LogP contribution in [0.3, 0.4) is 0 Å². The Labute approximate surface area is 146 Å². The molecule has 0 radical (unpaired) electrons. The van der Waals surface area contributed by atoms with Crippen molar-refractivity contribution in [1.82, 2.24) is 4.57 Å². The first-order valence-corrected chi connectivity index (χ1v) is 8.40. The fraction of sp³-hybridized carbons (Fsp3) is 0.176. The Morgan fingerprint density at radius 3 is 2.75 bits per heavy atom. The van der Waals surface area contributed by atoms with E-state index in [1.165, 1.54) is 35.6 Å². The summed E-state index contributed by atoms with van der Waals surface area (Å²) >= 11 is 7.42. The molecule has 3 aromatic rings. The second kappa shape index (κ2) is 7.25. The highest BCUT2D eigenvalue weighted by molar-refractivity contribution is 7.16. The van der Waals surface area contributed by atoms with Gasteiger partial charge in [0.2, 0.25) is 0 Å². The van der Waals surface area contributed by atoms with Crippen LogP contribution in [0.25, 0.3) is 10.2 Å². The first-order valence-electron chi connectivity index (χ1n) is 7.21. The van der Waals surface area contributed by atoms with Crippen molar-refractivity contribution in [2.45, 2.75) is 6.54 Å².